The Balaban J connectivity index is 1.23. The van der Waals surface area contributed by atoms with Crippen LogP contribution in [0.2, 0.25) is 0 Å². The van der Waals surface area contributed by atoms with Gasteiger partial charge in [0, 0.05) is 62.1 Å². The first-order chi connectivity index (χ1) is 17.3. The first kappa shape index (κ1) is 24.3. The van der Waals surface area contributed by atoms with Gasteiger partial charge in [0.1, 0.15) is 6.54 Å². The van der Waals surface area contributed by atoms with Crippen molar-refractivity contribution in [3.8, 4) is 0 Å². The van der Waals surface area contributed by atoms with Crippen molar-refractivity contribution in [1.82, 2.24) is 19.6 Å². The van der Waals surface area contributed by atoms with Crippen molar-refractivity contribution in [1.29, 1.82) is 0 Å². The predicted octanol–water partition coefficient (Wildman–Crippen LogP) is 1.67. The van der Waals surface area contributed by atoms with Crippen LogP contribution in [0.4, 0.5) is 5.69 Å². The number of hydrogen-bond donors (Lipinski definition) is 1. The minimum atomic E-state index is -0.291. The molecule has 2 saturated heterocycles. The third kappa shape index (κ3) is 4.58. The van der Waals surface area contributed by atoms with E-state index in [0.717, 1.165) is 43.6 Å². The molecule has 2 N–H and O–H groups in total. The number of piperidine rings is 1. The average Bonchev–Trinajstić information content (AvgIpc) is 3.49. The number of likely N-dealkylation sites (tertiary alicyclic amines) is 1. The second-order valence-electron chi connectivity index (χ2n) is 10.3. The van der Waals surface area contributed by atoms with Crippen molar-refractivity contribution in [3.63, 3.8) is 0 Å². The Morgan fingerprint density at radius 2 is 1.69 bits per heavy atom. The van der Waals surface area contributed by atoms with Gasteiger partial charge in [-0.2, -0.15) is 5.10 Å². The highest BCUT2D eigenvalue weighted by atomic mass is 16.2. The number of aryl methyl sites for hydroxylation is 1. The molecular formula is C27H36N6O3. The molecule has 9 heteroatoms. The number of primary amides is 1. The number of aromatic nitrogens is 2. The zero-order valence-electron chi connectivity index (χ0n) is 21.3. The Morgan fingerprint density at radius 3 is 2.39 bits per heavy atom. The minimum Gasteiger partial charge on any atom is -0.369 e. The van der Waals surface area contributed by atoms with E-state index in [1.54, 1.807) is 9.58 Å². The largest absolute Gasteiger partial charge is 0.369 e. The lowest BCUT2D eigenvalue weighted by atomic mass is 9.96. The number of rotatable bonds is 5. The smallest absolute Gasteiger partial charge is 0.274 e. The zero-order chi connectivity index (χ0) is 25.4. The van der Waals surface area contributed by atoms with E-state index in [9.17, 15) is 14.4 Å². The maximum Gasteiger partial charge on any atom is 0.274 e. The third-order valence-electron chi connectivity index (χ3n) is 8.23. The average molecular weight is 493 g/mol. The summed E-state index contributed by atoms with van der Waals surface area (Å²) >= 11 is 0. The van der Waals surface area contributed by atoms with Gasteiger partial charge in [-0.25, -0.2) is 0 Å². The van der Waals surface area contributed by atoms with Crippen LogP contribution in [0.3, 0.4) is 0 Å². The molecule has 0 bridgehead atoms. The SMILES string of the molecule is Cc1cccc(N2CCN(C(=O)Cn3nc(C(=O)N4CCC(C(N)=O)CC4)c4c3CCC4)CC2)c1C. The molecular weight excluding hydrogens is 456 g/mol. The van der Waals surface area contributed by atoms with Crippen molar-refractivity contribution in [2.24, 2.45) is 11.7 Å². The first-order valence-corrected chi connectivity index (χ1v) is 13.1. The van der Waals surface area contributed by atoms with E-state index < -0.39 is 0 Å². The van der Waals surface area contributed by atoms with E-state index >= 15 is 0 Å². The van der Waals surface area contributed by atoms with Crippen LogP contribution in [0, 0.1) is 19.8 Å². The number of nitrogens with two attached hydrogens (primary N) is 1. The van der Waals surface area contributed by atoms with E-state index in [1.807, 2.05) is 4.90 Å². The van der Waals surface area contributed by atoms with Crippen LogP contribution in [0.1, 0.15) is 52.1 Å². The molecule has 9 nitrogen and oxygen atoms in total. The Labute approximate surface area is 212 Å². The van der Waals surface area contributed by atoms with Gasteiger partial charge in [-0.15, -0.1) is 0 Å². The van der Waals surface area contributed by atoms with Crippen LogP contribution in [-0.2, 0) is 29.0 Å². The van der Waals surface area contributed by atoms with E-state index in [0.29, 0.717) is 44.7 Å². The van der Waals surface area contributed by atoms with Gasteiger partial charge < -0.3 is 20.4 Å². The van der Waals surface area contributed by atoms with Gasteiger partial charge in [-0.1, -0.05) is 12.1 Å². The molecule has 3 heterocycles. The fourth-order valence-electron chi connectivity index (χ4n) is 5.83. The molecule has 1 aromatic heterocycles. The number of nitrogens with zero attached hydrogens (tertiary/aromatic N) is 5. The summed E-state index contributed by atoms with van der Waals surface area (Å²) in [5.74, 6) is -0.496. The molecule has 2 aliphatic heterocycles. The summed E-state index contributed by atoms with van der Waals surface area (Å²) in [5, 5.41) is 4.66. The van der Waals surface area contributed by atoms with Gasteiger partial charge in [0.05, 0.1) is 0 Å². The standard InChI is InChI=1S/C27H36N6O3/c1-18-5-3-7-22(19(18)2)30-13-15-31(16-14-30)24(34)17-33-23-8-4-6-21(23)25(29-33)27(36)32-11-9-20(10-12-32)26(28)35/h3,5,7,20H,4,6,8-17H2,1-2H3,(H2,28,35). The second kappa shape index (κ2) is 9.95. The van der Waals surface area contributed by atoms with Crippen LogP contribution >= 0.6 is 0 Å². The number of amides is 3. The highest BCUT2D eigenvalue weighted by Gasteiger charge is 2.33. The third-order valence-corrected chi connectivity index (χ3v) is 8.23. The lowest BCUT2D eigenvalue weighted by molar-refractivity contribution is -0.132. The number of carbonyl (C=O) groups excluding carboxylic acids is 3. The molecule has 5 rings (SSSR count). The van der Waals surface area contributed by atoms with E-state index in [4.69, 9.17) is 5.73 Å². The molecule has 2 fully saturated rings. The molecule has 3 aliphatic rings. The number of piperazine rings is 1. The van der Waals surface area contributed by atoms with Gasteiger partial charge >= 0.3 is 0 Å². The lowest BCUT2D eigenvalue weighted by Gasteiger charge is -2.37. The Kier molecular flexibility index (Phi) is 6.73. The van der Waals surface area contributed by atoms with Crippen LogP contribution in [0.25, 0.3) is 0 Å². The quantitative estimate of drug-likeness (QED) is 0.684. The summed E-state index contributed by atoms with van der Waals surface area (Å²) < 4.78 is 1.77. The van der Waals surface area contributed by atoms with Gasteiger partial charge in [0.25, 0.3) is 5.91 Å². The van der Waals surface area contributed by atoms with Crippen LogP contribution in [0.5, 0.6) is 0 Å². The summed E-state index contributed by atoms with van der Waals surface area (Å²) in [5.41, 5.74) is 11.7. The topological polar surface area (TPSA) is 105 Å². The summed E-state index contributed by atoms with van der Waals surface area (Å²) in [6.07, 6.45) is 3.82. The number of benzene rings is 1. The highest BCUT2D eigenvalue weighted by Crippen LogP contribution is 2.28. The summed E-state index contributed by atoms with van der Waals surface area (Å²) in [7, 11) is 0. The molecule has 36 heavy (non-hydrogen) atoms. The normalized spacial score (nSPS) is 18.4. The van der Waals surface area contributed by atoms with Gasteiger partial charge in [0.2, 0.25) is 11.8 Å². The Hall–Kier alpha value is -3.36. The molecule has 2 aromatic rings. The van der Waals surface area contributed by atoms with Crippen LogP contribution in [0.15, 0.2) is 18.2 Å². The molecule has 0 radical (unpaired) electrons. The van der Waals surface area contributed by atoms with E-state index in [1.165, 1.54) is 16.8 Å². The molecule has 0 spiro atoms. The predicted molar refractivity (Wildman–Crippen MR) is 137 cm³/mol. The molecule has 0 unspecified atom stereocenters. The zero-order valence-corrected chi connectivity index (χ0v) is 21.3. The second-order valence-corrected chi connectivity index (χ2v) is 10.3. The molecule has 192 valence electrons. The summed E-state index contributed by atoms with van der Waals surface area (Å²) in [6, 6.07) is 6.37. The Morgan fingerprint density at radius 1 is 0.972 bits per heavy atom. The van der Waals surface area contributed by atoms with Crippen molar-refractivity contribution >= 4 is 23.4 Å². The number of fused-ring (bicyclic) bond motifs is 1. The Bertz CT molecular complexity index is 1170. The maximum absolute atomic E-state index is 13.3. The minimum absolute atomic E-state index is 0.0501. The lowest BCUT2D eigenvalue weighted by Crippen LogP contribution is -2.50. The molecule has 1 aromatic carbocycles. The fourth-order valence-corrected chi connectivity index (χ4v) is 5.83. The summed E-state index contributed by atoms with van der Waals surface area (Å²) in [4.78, 5) is 44.0. The highest BCUT2D eigenvalue weighted by molar-refractivity contribution is 5.94. The van der Waals surface area contributed by atoms with Gasteiger partial charge in [-0.05, 0) is 63.1 Å². The van der Waals surface area contributed by atoms with Crippen molar-refractivity contribution < 1.29 is 14.4 Å². The van der Waals surface area contributed by atoms with Gasteiger partial charge in [0.15, 0.2) is 5.69 Å². The van der Waals surface area contributed by atoms with Crippen molar-refractivity contribution in [3.05, 3.63) is 46.3 Å². The van der Waals surface area contributed by atoms with Crippen molar-refractivity contribution in [2.75, 3.05) is 44.2 Å². The monoisotopic (exact) mass is 492 g/mol. The number of hydrogen-bond acceptors (Lipinski definition) is 5. The first-order valence-electron chi connectivity index (χ1n) is 13.1. The van der Waals surface area contributed by atoms with E-state index in [-0.39, 0.29) is 30.2 Å². The fraction of sp³-hybridized carbons (Fsp3) is 0.556. The van der Waals surface area contributed by atoms with Gasteiger partial charge in [-0.3, -0.25) is 19.1 Å². The van der Waals surface area contributed by atoms with Crippen LogP contribution < -0.4 is 10.6 Å². The molecule has 3 amide bonds. The molecule has 1 aliphatic carbocycles. The van der Waals surface area contributed by atoms with E-state index in [2.05, 4.69) is 42.0 Å². The molecule has 0 atom stereocenters. The number of carbonyl (C=O) groups is 3. The van der Waals surface area contributed by atoms with Crippen molar-refractivity contribution in [2.45, 2.75) is 52.5 Å². The molecule has 0 saturated carbocycles. The summed E-state index contributed by atoms with van der Waals surface area (Å²) in [6.45, 7) is 8.43. The number of anilines is 1. The maximum atomic E-state index is 13.3. The van der Waals surface area contributed by atoms with Crippen LogP contribution in [-0.4, -0.2) is 76.6 Å².